The van der Waals surface area contributed by atoms with Crippen molar-refractivity contribution in [3.8, 4) is 5.75 Å². The van der Waals surface area contributed by atoms with E-state index in [0.29, 0.717) is 11.8 Å². The molecular formula is C13H18N2O. The van der Waals surface area contributed by atoms with Crippen LogP contribution < -0.4 is 10.6 Å². The molecule has 2 heterocycles. The van der Waals surface area contributed by atoms with Crippen molar-refractivity contribution >= 4 is 5.69 Å². The summed E-state index contributed by atoms with van der Waals surface area (Å²) in [5.74, 6) is 0.360. The minimum absolute atomic E-state index is 0.282. The highest BCUT2D eigenvalue weighted by Crippen LogP contribution is 2.36. The summed E-state index contributed by atoms with van der Waals surface area (Å²) in [5.41, 5.74) is 8.58. The van der Waals surface area contributed by atoms with Crippen LogP contribution in [0.4, 0.5) is 5.69 Å². The van der Waals surface area contributed by atoms with Gasteiger partial charge in [0.1, 0.15) is 5.75 Å². The number of benzene rings is 1. The van der Waals surface area contributed by atoms with E-state index in [1.807, 2.05) is 12.1 Å². The van der Waals surface area contributed by atoms with Crippen molar-refractivity contribution in [2.24, 2.45) is 5.73 Å². The van der Waals surface area contributed by atoms with Gasteiger partial charge in [-0.25, -0.2) is 0 Å². The maximum absolute atomic E-state index is 9.59. The van der Waals surface area contributed by atoms with Crippen LogP contribution in [0.5, 0.6) is 5.75 Å². The minimum Gasteiger partial charge on any atom is -0.508 e. The molecule has 1 fully saturated rings. The molecule has 0 amide bonds. The summed E-state index contributed by atoms with van der Waals surface area (Å²) in [6.07, 6.45) is 4.68. The van der Waals surface area contributed by atoms with E-state index in [0.717, 1.165) is 19.4 Å². The van der Waals surface area contributed by atoms with Crippen molar-refractivity contribution in [1.29, 1.82) is 0 Å². The maximum Gasteiger partial charge on any atom is 0.117 e. The molecule has 86 valence electrons. The molecule has 2 atom stereocenters. The van der Waals surface area contributed by atoms with Crippen LogP contribution in [-0.4, -0.2) is 23.7 Å². The fourth-order valence-corrected chi connectivity index (χ4v) is 3.00. The van der Waals surface area contributed by atoms with Gasteiger partial charge in [-0.05, 0) is 37.3 Å². The molecule has 3 N–H and O–H groups in total. The Morgan fingerprint density at radius 2 is 2.12 bits per heavy atom. The molecule has 0 spiro atoms. The molecule has 1 aromatic rings. The summed E-state index contributed by atoms with van der Waals surface area (Å²) in [7, 11) is 0. The number of phenols is 1. The number of hydrogen-bond acceptors (Lipinski definition) is 3. The van der Waals surface area contributed by atoms with E-state index >= 15 is 0 Å². The van der Waals surface area contributed by atoms with Crippen molar-refractivity contribution < 1.29 is 5.11 Å². The normalized spacial score (nSPS) is 28.4. The average Bonchev–Trinajstić information content (AvgIpc) is 2.29. The van der Waals surface area contributed by atoms with Gasteiger partial charge in [-0.2, -0.15) is 0 Å². The van der Waals surface area contributed by atoms with Crippen molar-refractivity contribution in [3.63, 3.8) is 0 Å². The third-order valence-electron chi connectivity index (χ3n) is 3.87. The van der Waals surface area contributed by atoms with E-state index in [1.165, 1.54) is 24.1 Å². The summed E-state index contributed by atoms with van der Waals surface area (Å²) in [6.45, 7) is 0.932. The second-order valence-corrected chi connectivity index (χ2v) is 5.00. The van der Waals surface area contributed by atoms with E-state index in [-0.39, 0.29) is 6.04 Å². The third kappa shape index (κ3) is 1.55. The highest BCUT2D eigenvalue weighted by atomic mass is 16.3. The second kappa shape index (κ2) is 3.67. The number of phenolic OH excluding ortho intramolecular Hbond substituents is 1. The number of fused-ring (bicyclic) bond motifs is 3. The molecule has 2 aliphatic rings. The molecule has 3 heteroatoms. The molecule has 0 radical (unpaired) electrons. The number of anilines is 1. The lowest BCUT2D eigenvalue weighted by molar-refractivity contribution is 0.389. The number of aryl methyl sites for hydroxylation is 1. The van der Waals surface area contributed by atoms with Gasteiger partial charge in [0.2, 0.25) is 0 Å². The molecule has 0 aliphatic carbocycles. The average molecular weight is 218 g/mol. The Bertz CT molecular complexity index is 405. The molecule has 3 rings (SSSR count). The van der Waals surface area contributed by atoms with E-state index < -0.39 is 0 Å². The molecule has 0 saturated carbocycles. The smallest absolute Gasteiger partial charge is 0.117 e. The fourth-order valence-electron chi connectivity index (χ4n) is 3.00. The maximum atomic E-state index is 9.59. The summed E-state index contributed by atoms with van der Waals surface area (Å²) in [5, 5.41) is 9.59. The van der Waals surface area contributed by atoms with Crippen LogP contribution in [0.25, 0.3) is 0 Å². The van der Waals surface area contributed by atoms with Crippen LogP contribution >= 0.6 is 0 Å². The lowest BCUT2D eigenvalue weighted by Crippen LogP contribution is -2.50. The number of piperidine rings is 1. The molecule has 1 aromatic carbocycles. The zero-order chi connectivity index (χ0) is 11.1. The van der Waals surface area contributed by atoms with Crippen molar-refractivity contribution in [3.05, 3.63) is 23.8 Å². The van der Waals surface area contributed by atoms with Gasteiger partial charge in [-0.15, -0.1) is 0 Å². The zero-order valence-electron chi connectivity index (χ0n) is 9.39. The Kier molecular flexibility index (Phi) is 2.28. The fraction of sp³-hybridized carbons (Fsp3) is 0.538. The van der Waals surface area contributed by atoms with Gasteiger partial charge in [0, 0.05) is 30.4 Å². The number of hydrogen-bond donors (Lipinski definition) is 2. The quantitative estimate of drug-likeness (QED) is 0.696. The van der Waals surface area contributed by atoms with Crippen LogP contribution in [0.1, 0.15) is 24.8 Å². The topological polar surface area (TPSA) is 49.5 Å². The monoisotopic (exact) mass is 218 g/mol. The van der Waals surface area contributed by atoms with Gasteiger partial charge < -0.3 is 15.7 Å². The molecule has 0 bridgehead atoms. The molecule has 0 aromatic heterocycles. The first-order valence-electron chi connectivity index (χ1n) is 6.08. The van der Waals surface area contributed by atoms with Crippen LogP contribution in [0.3, 0.4) is 0 Å². The highest BCUT2D eigenvalue weighted by Gasteiger charge is 2.31. The standard InChI is InChI=1S/C13H18N2O/c14-10-3-5-11-4-1-9-2-6-12(16)7-13(9)15(11)8-10/h2,6-7,10-11,16H,1,3-5,8,14H2. The van der Waals surface area contributed by atoms with Crippen molar-refractivity contribution in [1.82, 2.24) is 0 Å². The number of rotatable bonds is 0. The molecule has 2 unspecified atom stereocenters. The van der Waals surface area contributed by atoms with Crippen molar-refractivity contribution in [2.75, 3.05) is 11.4 Å². The van der Waals surface area contributed by atoms with E-state index in [4.69, 9.17) is 5.73 Å². The third-order valence-corrected chi connectivity index (χ3v) is 3.87. The van der Waals surface area contributed by atoms with E-state index in [1.54, 1.807) is 6.07 Å². The van der Waals surface area contributed by atoms with Gasteiger partial charge in [0.05, 0.1) is 0 Å². The first kappa shape index (κ1) is 9.97. The largest absolute Gasteiger partial charge is 0.508 e. The summed E-state index contributed by atoms with van der Waals surface area (Å²) in [4.78, 5) is 2.40. The SMILES string of the molecule is NC1CCC2CCc3ccc(O)cc3N2C1. The first-order chi connectivity index (χ1) is 7.74. The predicted octanol–water partition coefficient (Wildman–Crippen LogP) is 1.63. The van der Waals surface area contributed by atoms with Gasteiger partial charge in [0.15, 0.2) is 0 Å². The van der Waals surface area contributed by atoms with Crippen LogP contribution in [0, 0.1) is 0 Å². The molecular weight excluding hydrogens is 200 g/mol. The Morgan fingerprint density at radius 3 is 3.00 bits per heavy atom. The van der Waals surface area contributed by atoms with Crippen molar-refractivity contribution in [2.45, 2.75) is 37.8 Å². The van der Waals surface area contributed by atoms with Crippen LogP contribution in [-0.2, 0) is 6.42 Å². The Labute approximate surface area is 95.9 Å². The molecule has 3 nitrogen and oxygen atoms in total. The summed E-state index contributed by atoms with van der Waals surface area (Å²) in [6, 6.07) is 6.63. The predicted molar refractivity (Wildman–Crippen MR) is 64.8 cm³/mol. The number of nitrogens with two attached hydrogens (primary N) is 1. The Hall–Kier alpha value is -1.22. The van der Waals surface area contributed by atoms with Gasteiger partial charge in [-0.3, -0.25) is 0 Å². The zero-order valence-corrected chi connectivity index (χ0v) is 9.39. The van der Waals surface area contributed by atoms with Gasteiger partial charge in [0.25, 0.3) is 0 Å². The number of aromatic hydroxyl groups is 1. The van der Waals surface area contributed by atoms with Crippen LogP contribution in [0.2, 0.25) is 0 Å². The van der Waals surface area contributed by atoms with Crippen LogP contribution in [0.15, 0.2) is 18.2 Å². The Morgan fingerprint density at radius 1 is 1.25 bits per heavy atom. The molecule has 16 heavy (non-hydrogen) atoms. The first-order valence-corrected chi connectivity index (χ1v) is 6.08. The van der Waals surface area contributed by atoms with E-state index in [9.17, 15) is 5.11 Å². The minimum atomic E-state index is 0.282. The molecule has 2 aliphatic heterocycles. The number of nitrogens with zero attached hydrogens (tertiary/aromatic N) is 1. The highest BCUT2D eigenvalue weighted by molar-refractivity contribution is 5.60. The van der Waals surface area contributed by atoms with E-state index in [2.05, 4.69) is 4.90 Å². The summed E-state index contributed by atoms with van der Waals surface area (Å²) >= 11 is 0. The molecule has 1 saturated heterocycles. The lowest BCUT2D eigenvalue weighted by atomic mass is 9.88. The summed E-state index contributed by atoms with van der Waals surface area (Å²) < 4.78 is 0. The van der Waals surface area contributed by atoms with Gasteiger partial charge >= 0.3 is 0 Å². The lowest BCUT2D eigenvalue weighted by Gasteiger charge is -2.44. The second-order valence-electron chi connectivity index (χ2n) is 5.00. The Balaban J connectivity index is 1.99. The van der Waals surface area contributed by atoms with Gasteiger partial charge in [-0.1, -0.05) is 6.07 Å².